The van der Waals surface area contributed by atoms with Gasteiger partial charge in [0.25, 0.3) is 0 Å². The number of hydrogen-bond acceptors (Lipinski definition) is 1. The molecule has 0 aliphatic heterocycles. The Labute approximate surface area is 75.8 Å². The summed E-state index contributed by atoms with van der Waals surface area (Å²) in [5.74, 6) is 0. The van der Waals surface area contributed by atoms with E-state index in [0.29, 0.717) is 0 Å². The standard InChI is InChI=1S/C11H20O/c1-3-4-5-6-7-8-11(2)9-10-12/h3-4,9,12H,5-8,10H2,1-2H3. The second kappa shape index (κ2) is 8.54. The van der Waals surface area contributed by atoms with E-state index in [1.165, 1.54) is 24.8 Å². The lowest BCUT2D eigenvalue weighted by Crippen LogP contribution is -1.82. The summed E-state index contributed by atoms with van der Waals surface area (Å²) in [6.45, 7) is 4.31. The molecule has 0 amide bonds. The summed E-state index contributed by atoms with van der Waals surface area (Å²) in [5.41, 5.74) is 1.30. The van der Waals surface area contributed by atoms with Crippen LogP contribution in [0.1, 0.15) is 39.5 Å². The molecule has 1 N–H and O–H groups in total. The van der Waals surface area contributed by atoms with Crippen molar-refractivity contribution in [3.05, 3.63) is 23.8 Å². The van der Waals surface area contributed by atoms with E-state index in [9.17, 15) is 0 Å². The summed E-state index contributed by atoms with van der Waals surface area (Å²) in [5, 5.41) is 8.59. The molecule has 0 radical (unpaired) electrons. The maximum Gasteiger partial charge on any atom is 0.0614 e. The van der Waals surface area contributed by atoms with Crippen molar-refractivity contribution in [1.29, 1.82) is 0 Å². The van der Waals surface area contributed by atoms with E-state index in [2.05, 4.69) is 26.0 Å². The van der Waals surface area contributed by atoms with E-state index in [0.717, 1.165) is 6.42 Å². The summed E-state index contributed by atoms with van der Waals surface area (Å²) in [4.78, 5) is 0. The molecule has 0 atom stereocenters. The Kier molecular flexibility index (Phi) is 8.14. The molecule has 0 saturated heterocycles. The molecule has 0 aliphatic rings. The first kappa shape index (κ1) is 11.4. The van der Waals surface area contributed by atoms with E-state index in [4.69, 9.17) is 5.11 Å². The first-order valence-corrected chi connectivity index (χ1v) is 4.69. The van der Waals surface area contributed by atoms with Crippen molar-refractivity contribution < 1.29 is 5.11 Å². The molecule has 1 heteroatoms. The first-order valence-electron chi connectivity index (χ1n) is 4.69. The second-order valence-electron chi connectivity index (χ2n) is 3.05. The average molecular weight is 168 g/mol. The average Bonchev–Trinajstić information content (AvgIpc) is 2.05. The van der Waals surface area contributed by atoms with Crippen LogP contribution in [0.2, 0.25) is 0 Å². The van der Waals surface area contributed by atoms with Gasteiger partial charge in [-0.25, -0.2) is 0 Å². The third kappa shape index (κ3) is 7.55. The number of rotatable bonds is 6. The van der Waals surface area contributed by atoms with Crippen LogP contribution in [-0.4, -0.2) is 11.7 Å². The molecular formula is C11H20O. The zero-order valence-corrected chi connectivity index (χ0v) is 8.21. The molecule has 0 aromatic rings. The molecule has 0 heterocycles. The first-order chi connectivity index (χ1) is 5.81. The van der Waals surface area contributed by atoms with Crippen molar-refractivity contribution in [3.8, 4) is 0 Å². The van der Waals surface area contributed by atoms with E-state index in [-0.39, 0.29) is 6.61 Å². The fraction of sp³-hybridized carbons (Fsp3) is 0.636. The third-order valence-corrected chi connectivity index (χ3v) is 1.87. The van der Waals surface area contributed by atoms with Gasteiger partial charge in [-0.15, -0.1) is 0 Å². The molecule has 0 unspecified atom stereocenters. The predicted octanol–water partition coefficient (Wildman–Crippen LogP) is 3.06. The van der Waals surface area contributed by atoms with Crippen LogP contribution in [0.4, 0.5) is 0 Å². The minimum atomic E-state index is 0.181. The van der Waals surface area contributed by atoms with Crippen LogP contribution in [0.3, 0.4) is 0 Å². The summed E-state index contributed by atoms with van der Waals surface area (Å²) in [7, 11) is 0. The largest absolute Gasteiger partial charge is 0.392 e. The lowest BCUT2D eigenvalue weighted by molar-refractivity contribution is 0.341. The van der Waals surface area contributed by atoms with Gasteiger partial charge < -0.3 is 5.11 Å². The summed E-state index contributed by atoms with van der Waals surface area (Å²) >= 11 is 0. The van der Waals surface area contributed by atoms with E-state index < -0.39 is 0 Å². The molecule has 0 rings (SSSR count). The molecule has 0 saturated carbocycles. The Morgan fingerprint density at radius 1 is 1.33 bits per heavy atom. The molecular weight excluding hydrogens is 148 g/mol. The topological polar surface area (TPSA) is 20.2 Å². The SMILES string of the molecule is CC=CCCCCC(C)=CCO. The van der Waals surface area contributed by atoms with Crippen LogP contribution in [0.25, 0.3) is 0 Å². The Bertz CT molecular complexity index is 145. The number of aliphatic hydroxyl groups excluding tert-OH is 1. The minimum Gasteiger partial charge on any atom is -0.392 e. The summed E-state index contributed by atoms with van der Waals surface area (Å²) < 4.78 is 0. The normalized spacial score (nSPS) is 12.8. The lowest BCUT2D eigenvalue weighted by atomic mass is 10.1. The highest BCUT2D eigenvalue weighted by molar-refractivity contribution is 4.97. The molecule has 0 aliphatic carbocycles. The summed E-state index contributed by atoms with van der Waals surface area (Å²) in [6.07, 6.45) is 11.0. The van der Waals surface area contributed by atoms with E-state index in [1.54, 1.807) is 0 Å². The number of hydrogen-bond donors (Lipinski definition) is 1. The van der Waals surface area contributed by atoms with Crippen molar-refractivity contribution >= 4 is 0 Å². The molecule has 12 heavy (non-hydrogen) atoms. The van der Waals surface area contributed by atoms with Gasteiger partial charge in [0, 0.05) is 0 Å². The fourth-order valence-corrected chi connectivity index (χ4v) is 1.09. The van der Waals surface area contributed by atoms with Crippen LogP contribution < -0.4 is 0 Å². The van der Waals surface area contributed by atoms with Crippen LogP contribution >= 0.6 is 0 Å². The molecule has 0 bridgehead atoms. The van der Waals surface area contributed by atoms with Crippen LogP contribution in [0.15, 0.2) is 23.8 Å². The molecule has 1 nitrogen and oxygen atoms in total. The number of aliphatic hydroxyl groups is 1. The van der Waals surface area contributed by atoms with Gasteiger partial charge in [0.2, 0.25) is 0 Å². The molecule has 70 valence electrons. The van der Waals surface area contributed by atoms with Gasteiger partial charge in [0.15, 0.2) is 0 Å². The van der Waals surface area contributed by atoms with Crippen molar-refractivity contribution in [2.75, 3.05) is 6.61 Å². The van der Waals surface area contributed by atoms with Crippen molar-refractivity contribution in [3.63, 3.8) is 0 Å². The molecule has 0 spiro atoms. The molecule has 0 aromatic heterocycles. The van der Waals surface area contributed by atoms with Crippen molar-refractivity contribution in [1.82, 2.24) is 0 Å². The van der Waals surface area contributed by atoms with Gasteiger partial charge in [0.05, 0.1) is 6.61 Å². The van der Waals surface area contributed by atoms with Crippen LogP contribution in [0.5, 0.6) is 0 Å². The highest BCUT2D eigenvalue weighted by atomic mass is 16.2. The van der Waals surface area contributed by atoms with E-state index >= 15 is 0 Å². The number of allylic oxidation sites excluding steroid dienone is 3. The maximum absolute atomic E-state index is 8.59. The summed E-state index contributed by atoms with van der Waals surface area (Å²) in [6, 6.07) is 0. The second-order valence-corrected chi connectivity index (χ2v) is 3.05. The highest BCUT2D eigenvalue weighted by Gasteiger charge is 1.89. The van der Waals surface area contributed by atoms with Gasteiger partial charge in [-0.3, -0.25) is 0 Å². The smallest absolute Gasteiger partial charge is 0.0614 e. The zero-order valence-electron chi connectivity index (χ0n) is 8.21. The third-order valence-electron chi connectivity index (χ3n) is 1.87. The van der Waals surface area contributed by atoms with Gasteiger partial charge in [0.1, 0.15) is 0 Å². The monoisotopic (exact) mass is 168 g/mol. The Balaban J connectivity index is 3.25. The van der Waals surface area contributed by atoms with Crippen molar-refractivity contribution in [2.45, 2.75) is 39.5 Å². The minimum absolute atomic E-state index is 0.181. The van der Waals surface area contributed by atoms with Crippen LogP contribution in [0, 0.1) is 0 Å². The highest BCUT2D eigenvalue weighted by Crippen LogP contribution is 2.07. The maximum atomic E-state index is 8.59. The quantitative estimate of drug-likeness (QED) is 0.477. The molecule has 0 fully saturated rings. The van der Waals surface area contributed by atoms with Gasteiger partial charge >= 0.3 is 0 Å². The van der Waals surface area contributed by atoms with Gasteiger partial charge in [-0.2, -0.15) is 0 Å². The van der Waals surface area contributed by atoms with Crippen molar-refractivity contribution in [2.24, 2.45) is 0 Å². The molecule has 0 aromatic carbocycles. The Hall–Kier alpha value is -0.560. The van der Waals surface area contributed by atoms with Gasteiger partial charge in [-0.1, -0.05) is 23.8 Å². The van der Waals surface area contributed by atoms with Crippen LogP contribution in [-0.2, 0) is 0 Å². The Morgan fingerprint density at radius 2 is 2.08 bits per heavy atom. The predicted molar refractivity (Wildman–Crippen MR) is 54.1 cm³/mol. The number of unbranched alkanes of at least 4 members (excludes halogenated alkanes) is 2. The van der Waals surface area contributed by atoms with E-state index in [1.807, 2.05) is 6.08 Å². The zero-order chi connectivity index (χ0) is 9.23. The van der Waals surface area contributed by atoms with Gasteiger partial charge in [-0.05, 0) is 39.5 Å². The fourth-order valence-electron chi connectivity index (χ4n) is 1.09. The lowest BCUT2D eigenvalue weighted by Gasteiger charge is -1.98. The Morgan fingerprint density at radius 3 is 2.67 bits per heavy atom.